The number of fused-ring (bicyclic) bond motifs is 1. The van der Waals surface area contributed by atoms with E-state index in [1.807, 2.05) is 17.0 Å². The van der Waals surface area contributed by atoms with Crippen LogP contribution in [0, 0.1) is 0 Å². The molecule has 5 rings (SSSR count). The van der Waals surface area contributed by atoms with Crippen LogP contribution in [0.1, 0.15) is 28.8 Å². The van der Waals surface area contributed by atoms with Gasteiger partial charge in [-0.1, -0.05) is 34.5 Å². The highest BCUT2D eigenvalue weighted by molar-refractivity contribution is 6.35. The van der Waals surface area contributed by atoms with Crippen molar-refractivity contribution in [3.8, 4) is 0 Å². The SMILES string of the molecule is O=C(OCc1ccc(Cl)cc1Cl)N1CCN(C2CCN(C(=O)c3ccc4[nH]nnc4c3)CC2)CC1. The summed E-state index contributed by atoms with van der Waals surface area (Å²) >= 11 is 12.1. The Morgan fingerprint density at radius 3 is 2.49 bits per heavy atom. The molecule has 184 valence electrons. The normalized spacial score (nSPS) is 17.7. The standard InChI is InChI=1S/C24H26Cl2N6O3/c25-18-3-1-17(20(26)14-18)15-35-24(34)32-11-9-30(10-12-32)19-5-7-31(8-6-19)23(33)16-2-4-21-22(13-16)28-29-27-21/h1-4,13-14,19H,5-12,15H2,(H,27,28,29). The number of nitrogens with one attached hydrogen (secondary N) is 1. The summed E-state index contributed by atoms with van der Waals surface area (Å²) in [6.45, 7) is 4.35. The zero-order chi connectivity index (χ0) is 24.4. The van der Waals surface area contributed by atoms with Gasteiger partial charge in [-0.25, -0.2) is 4.79 Å². The number of piperidine rings is 1. The van der Waals surface area contributed by atoms with Crippen LogP contribution in [0.15, 0.2) is 36.4 Å². The number of carbonyl (C=O) groups is 2. The first-order valence-electron chi connectivity index (χ1n) is 11.7. The number of hydrogen-bond donors (Lipinski definition) is 1. The van der Waals surface area contributed by atoms with Gasteiger partial charge in [0.25, 0.3) is 5.91 Å². The first-order valence-corrected chi connectivity index (χ1v) is 12.4. The number of carbonyl (C=O) groups excluding carboxylic acids is 2. The fourth-order valence-corrected chi connectivity index (χ4v) is 5.19. The quantitative estimate of drug-likeness (QED) is 0.566. The van der Waals surface area contributed by atoms with E-state index in [9.17, 15) is 9.59 Å². The molecule has 35 heavy (non-hydrogen) atoms. The summed E-state index contributed by atoms with van der Waals surface area (Å²) in [5.74, 6) is 0.0294. The van der Waals surface area contributed by atoms with Crippen molar-refractivity contribution >= 4 is 46.2 Å². The lowest BCUT2D eigenvalue weighted by atomic mass is 10.0. The van der Waals surface area contributed by atoms with E-state index in [0.717, 1.165) is 37.0 Å². The van der Waals surface area contributed by atoms with Gasteiger partial charge in [0.05, 0.1) is 5.52 Å². The molecule has 1 aromatic heterocycles. The van der Waals surface area contributed by atoms with E-state index in [1.54, 1.807) is 29.2 Å². The van der Waals surface area contributed by atoms with Crippen molar-refractivity contribution in [3.05, 3.63) is 57.6 Å². The minimum Gasteiger partial charge on any atom is -0.444 e. The van der Waals surface area contributed by atoms with E-state index in [-0.39, 0.29) is 18.6 Å². The van der Waals surface area contributed by atoms with Crippen LogP contribution in [0.2, 0.25) is 10.0 Å². The van der Waals surface area contributed by atoms with Crippen LogP contribution in [-0.4, -0.2) is 87.4 Å². The van der Waals surface area contributed by atoms with Gasteiger partial charge in [0.1, 0.15) is 12.1 Å². The predicted octanol–water partition coefficient (Wildman–Crippen LogP) is 3.82. The number of benzene rings is 2. The van der Waals surface area contributed by atoms with Crippen LogP contribution in [-0.2, 0) is 11.3 Å². The number of piperazine rings is 1. The number of amides is 2. The molecule has 0 unspecified atom stereocenters. The number of H-pyrrole nitrogens is 1. The van der Waals surface area contributed by atoms with E-state index >= 15 is 0 Å². The molecule has 0 radical (unpaired) electrons. The average molecular weight is 517 g/mol. The fraction of sp³-hybridized carbons (Fsp3) is 0.417. The number of aromatic amines is 1. The molecule has 2 aliphatic heterocycles. The van der Waals surface area contributed by atoms with Gasteiger partial charge >= 0.3 is 6.09 Å². The van der Waals surface area contributed by atoms with Crippen LogP contribution in [0.25, 0.3) is 11.0 Å². The number of halogens is 2. The Balaban J connectivity index is 1.07. The second-order valence-electron chi connectivity index (χ2n) is 8.88. The highest BCUT2D eigenvalue weighted by Gasteiger charge is 2.31. The van der Waals surface area contributed by atoms with Crippen LogP contribution >= 0.6 is 23.2 Å². The van der Waals surface area contributed by atoms with Gasteiger partial charge in [-0.05, 0) is 43.2 Å². The molecule has 0 bridgehead atoms. The van der Waals surface area contributed by atoms with Crippen molar-refractivity contribution in [1.82, 2.24) is 30.1 Å². The summed E-state index contributed by atoms with van der Waals surface area (Å²) in [6.07, 6.45) is 1.50. The molecular formula is C24H26Cl2N6O3. The number of ether oxygens (including phenoxy) is 1. The van der Waals surface area contributed by atoms with Gasteiger partial charge in [0.2, 0.25) is 0 Å². The third kappa shape index (κ3) is 5.37. The molecular weight excluding hydrogens is 491 g/mol. The van der Waals surface area contributed by atoms with E-state index in [2.05, 4.69) is 20.3 Å². The third-order valence-electron chi connectivity index (χ3n) is 6.78. The van der Waals surface area contributed by atoms with Crippen molar-refractivity contribution in [2.75, 3.05) is 39.3 Å². The third-order valence-corrected chi connectivity index (χ3v) is 7.37. The van der Waals surface area contributed by atoms with Crippen LogP contribution < -0.4 is 0 Å². The first-order chi connectivity index (χ1) is 17.0. The fourth-order valence-electron chi connectivity index (χ4n) is 4.73. The van der Waals surface area contributed by atoms with E-state index < -0.39 is 0 Å². The lowest BCUT2D eigenvalue weighted by molar-refractivity contribution is 0.0394. The van der Waals surface area contributed by atoms with Crippen LogP contribution in [0.5, 0.6) is 0 Å². The molecule has 0 spiro atoms. The molecule has 9 nitrogen and oxygen atoms in total. The monoisotopic (exact) mass is 516 g/mol. The highest BCUT2D eigenvalue weighted by atomic mass is 35.5. The Kier molecular flexibility index (Phi) is 7.08. The molecule has 1 N–H and O–H groups in total. The molecule has 2 fully saturated rings. The number of likely N-dealkylation sites (tertiary alicyclic amines) is 1. The maximum absolute atomic E-state index is 12.9. The lowest BCUT2D eigenvalue weighted by Gasteiger charge is -2.42. The first kappa shape index (κ1) is 23.8. The maximum Gasteiger partial charge on any atom is 0.410 e. The summed E-state index contributed by atoms with van der Waals surface area (Å²) in [7, 11) is 0. The van der Waals surface area contributed by atoms with Gasteiger partial charge < -0.3 is 14.5 Å². The molecule has 0 atom stereocenters. The molecule has 3 aromatic rings. The molecule has 0 saturated carbocycles. The van der Waals surface area contributed by atoms with Crippen LogP contribution in [0.3, 0.4) is 0 Å². The largest absolute Gasteiger partial charge is 0.444 e. The van der Waals surface area contributed by atoms with Crippen molar-refractivity contribution in [1.29, 1.82) is 0 Å². The molecule has 11 heteroatoms. The second kappa shape index (κ2) is 10.4. The topological polar surface area (TPSA) is 94.7 Å². The Morgan fingerprint density at radius 1 is 0.971 bits per heavy atom. The predicted molar refractivity (Wildman–Crippen MR) is 133 cm³/mol. The van der Waals surface area contributed by atoms with Gasteiger partial charge in [-0.15, -0.1) is 5.10 Å². The average Bonchev–Trinajstić information content (AvgIpc) is 3.36. The van der Waals surface area contributed by atoms with Crippen LogP contribution in [0.4, 0.5) is 4.79 Å². The Bertz CT molecular complexity index is 1220. The summed E-state index contributed by atoms with van der Waals surface area (Å²) < 4.78 is 5.46. The number of aromatic nitrogens is 3. The maximum atomic E-state index is 12.9. The summed E-state index contributed by atoms with van der Waals surface area (Å²) in [4.78, 5) is 31.5. The minimum atomic E-state index is -0.333. The summed E-state index contributed by atoms with van der Waals surface area (Å²) in [5.41, 5.74) is 2.87. The Hall–Kier alpha value is -2.88. The molecule has 2 aliphatic rings. The molecule has 2 saturated heterocycles. The smallest absolute Gasteiger partial charge is 0.410 e. The zero-order valence-electron chi connectivity index (χ0n) is 19.1. The van der Waals surface area contributed by atoms with Gasteiger partial charge in [-0.2, -0.15) is 0 Å². The highest BCUT2D eigenvalue weighted by Crippen LogP contribution is 2.23. The minimum absolute atomic E-state index is 0.0294. The molecule has 2 amide bonds. The summed E-state index contributed by atoms with van der Waals surface area (Å²) in [5, 5.41) is 11.6. The Morgan fingerprint density at radius 2 is 1.74 bits per heavy atom. The Labute approximate surface area is 212 Å². The van der Waals surface area contributed by atoms with Crippen molar-refractivity contribution in [3.63, 3.8) is 0 Å². The zero-order valence-corrected chi connectivity index (χ0v) is 20.6. The number of nitrogens with zero attached hydrogens (tertiary/aromatic N) is 5. The van der Waals surface area contributed by atoms with Gasteiger partial charge in [-0.3, -0.25) is 14.8 Å². The van der Waals surface area contributed by atoms with Gasteiger partial charge in [0, 0.05) is 66.5 Å². The lowest BCUT2D eigenvalue weighted by Crippen LogP contribution is -2.54. The van der Waals surface area contributed by atoms with Crippen molar-refractivity contribution < 1.29 is 14.3 Å². The van der Waals surface area contributed by atoms with E-state index in [4.69, 9.17) is 27.9 Å². The molecule has 3 heterocycles. The number of rotatable bonds is 4. The van der Waals surface area contributed by atoms with Crippen molar-refractivity contribution in [2.24, 2.45) is 0 Å². The second-order valence-corrected chi connectivity index (χ2v) is 9.72. The molecule has 0 aliphatic carbocycles. The van der Waals surface area contributed by atoms with E-state index in [1.165, 1.54) is 0 Å². The molecule has 2 aromatic carbocycles. The van der Waals surface area contributed by atoms with Gasteiger partial charge in [0.15, 0.2) is 0 Å². The van der Waals surface area contributed by atoms with Crippen molar-refractivity contribution in [2.45, 2.75) is 25.5 Å². The summed E-state index contributed by atoms with van der Waals surface area (Å²) in [6, 6.07) is 11.0. The van der Waals surface area contributed by atoms with E-state index in [0.29, 0.717) is 53.3 Å². The number of hydrogen-bond acceptors (Lipinski definition) is 6.